The van der Waals surface area contributed by atoms with Crippen LogP contribution in [0.1, 0.15) is 20.3 Å². The monoisotopic (exact) mass is 192 g/mol. The Hall–Kier alpha value is -0.0500. The second-order valence-electron chi connectivity index (χ2n) is 2.62. The first kappa shape index (κ1) is 7.06. The highest BCUT2D eigenvalue weighted by Gasteiger charge is 2.41. The van der Waals surface area contributed by atoms with E-state index in [2.05, 4.69) is 15.9 Å². The molecule has 0 aromatic heterocycles. The predicted molar refractivity (Wildman–Crippen MR) is 37.5 cm³/mol. The molecule has 0 radical (unpaired) electrons. The van der Waals surface area contributed by atoms with Crippen LogP contribution in [-0.2, 0) is 9.53 Å². The van der Waals surface area contributed by atoms with Crippen LogP contribution in [0.15, 0.2) is 0 Å². The fraction of sp³-hybridized carbons (Fsp3) is 0.833. The lowest BCUT2D eigenvalue weighted by Gasteiger charge is -2.05. The van der Waals surface area contributed by atoms with Crippen LogP contribution >= 0.6 is 15.9 Å². The van der Waals surface area contributed by atoms with Crippen molar-refractivity contribution in [3.63, 3.8) is 0 Å². The summed E-state index contributed by atoms with van der Waals surface area (Å²) in [6.07, 6.45) is 0.841. The Balaban J connectivity index is 2.70. The van der Waals surface area contributed by atoms with Crippen LogP contribution in [0, 0.1) is 0 Å². The molecular weight excluding hydrogens is 184 g/mol. The number of hydrogen-bond acceptors (Lipinski definition) is 2. The number of hydrogen-bond donors (Lipinski definition) is 0. The molecule has 1 fully saturated rings. The summed E-state index contributed by atoms with van der Waals surface area (Å²) in [5, 5.41) is 0. The van der Waals surface area contributed by atoms with E-state index in [-0.39, 0.29) is 12.1 Å². The van der Waals surface area contributed by atoms with Crippen molar-refractivity contribution in [3.05, 3.63) is 0 Å². The SMILES string of the molecule is C[C@H]1C[C@@](C)(Br)C(=O)O1. The quantitative estimate of drug-likeness (QED) is 0.430. The molecule has 52 valence electrons. The fourth-order valence-electron chi connectivity index (χ4n) is 0.970. The van der Waals surface area contributed by atoms with Gasteiger partial charge < -0.3 is 4.74 Å². The van der Waals surface area contributed by atoms with E-state index < -0.39 is 4.32 Å². The molecule has 0 N–H and O–H groups in total. The molecule has 0 aromatic carbocycles. The van der Waals surface area contributed by atoms with E-state index in [1.807, 2.05) is 13.8 Å². The van der Waals surface area contributed by atoms with Crippen LogP contribution in [-0.4, -0.2) is 16.4 Å². The van der Waals surface area contributed by atoms with Crippen molar-refractivity contribution in [2.45, 2.75) is 30.7 Å². The molecule has 9 heavy (non-hydrogen) atoms. The van der Waals surface area contributed by atoms with E-state index in [1.54, 1.807) is 0 Å². The number of halogens is 1. The van der Waals surface area contributed by atoms with Crippen molar-refractivity contribution in [1.29, 1.82) is 0 Å². The van der Waals surface area contributed by atoms with Crippen molar-refractivity contribution in [2.75, 3.05) is 0 Å². The highest BCUT2D eigenvalue weighted by molar-refractivity contribution is 9.10. The molecular formula is C6H9BrO2. The van der Waals surface area contributed by atoms with Crippen molar-refractivity contribution >= 4 is 21.9 Å². The second kappa shape index (κ2) is 1.97. The summed E-state index contributed by atoms with van der Waals surface area (Å²) in [7, 11) is 0. The Bertz CT molecular complexity index is 142. The maximum Gasteiger partial charge on any atom is 0.322 e. The van der Waals surface area contributed by atoms with Gasteiger partial charge >= 0.3 is 5.97 Å². The van der Waals surface area contributed by atoms with Crippen molar-refractivity contribution in [3.8, 4) is 0 Å². The molecule has 2 atom stereocenters. The van der Waals surface area contributed by atoms with E-state index in [0.29, 0.717) is 0 Å². The zero-order valence-corrected chi connectivity index (χ0v) is 7.06. The minimum Gasteiger partial charge on any atom is -0.462 e. The number of carbonyl (C=O) groups excluding carboxylic acids is 1. The van der Waals surface area contributed by atoms with E-state index in [1.165, 1.54) is 0 Å². The first-order valence-corrected chi connectivity index (χ1v) is 3.72. The number of esters is 1. The summed E-state index contributed by atoms with van der Waals surface area (Å²) < 4.78 is 4.47. The van der Waals surface area contributed by atoms with Crippen LogP contribution < -0.4 is 0 Å². The van der Waals surface area contributed by atoms with Gasteiger partial charge in [-0.05, 0) is 13.8 Å². The van der Waals surface area contributed by atoms with Crippen LogP contribution in [0.25, 0.3) is 0 Å². The molecule has 0 amide bonds. The fourth-order valence-corrected chi connectivity index (χ4v) is 1.52. The average molecular weight is 193 g/mol. The molecule has 1 heterocycles. The van der Waals surface area contributed by atoms with E-state index in [0.717, 1.165) is 6.42 Å². The molecule has 1 rings (SSSR count). The molecule has 0 unspecified atom stereocenters. The smallest absolute Gasteiger partial charge is 0.322 e. The van der Waals surface area contributed by atoms with Crippen LogP contribution in [0.3, 0.4) is 0 Å². The molecule has 3 heteroatoms. The Kier molecular flexibility index (Phi) is 1.55. The van der Waals surface area contributed by atoms with Gasteiger partial charge in [-0.15, -0.1) is 0 Å². The molecule has 0 aromatic rings. The maximum atomic E-state index is 10.8. The van der Waals surface area contributed by atoms with Crippen molar-refractivity contribution in [1.82, 2.24) is 0 Å². The molecule has 0 bridgehead atoms. The van der Waals surface area contributed by atoms with Gasteiger partial charge in [-0.3, -0.25) is 4.79 Å². The second-order valence-corrected chi connectivity index (χ2v) is 4.37. The maximum absolute atomic E-state index is 10.8. The Morgan fingerprint density at radius 2 is 2.44 bits per heavy atom. The average Bonchev–Trinajstić information content (AvgIpc) is 1.79. The van der Waals surface area contributed by atoms with Gasteiger partial charge in [0.15, 0.2) is 0 Å². The summed E-state index contributed by atoms with van der Waals surface area (Å²) in [5.74, 6) is -0.144. The molecule has 1 aliphatic heterocycles. The van der Waals surface area contributed by atoms with Crippen molar-refractivity contribution < 1.29 is 9.53 Å². The molecule has 0 saturated carbocycles. The van der Waals surface area contributed by atoms with Gasteiger partial charge in [-0.2, -0.15) is 0 Å². The van der Waals surface area contributed by atoms with Gasteiger partial charge in [0.1, 0.15) is 10.4 Å². The third kappa shape index (κ3) is 1.26. The minimum absolute atomic E-state index is 0.0712. The first-order chi connectivity index (χ1) is 4.02. The van der Waals surface area contributed by atoms with Crippen LogP contribution in [0.2, 0.25) is 0 Å². The lowest BCUT2D eigenvalue weighted by Crippen LogP contribution is -2.21. The van der Waals surface area contributed by atoms with Gasteiger partial charge in [0.2, 0.25) is 0 Å². The topological polar surface area (TPSA) is 26.3 Å². The third-order valence-electron chi connectivity index (χ3n) is 1.40. The van der Waals surface area contributed by atoms with E-state index >= 15 is 0 Å². The highest BCUT2D eigenvalue weighted by atomic mass is 79.9. The predicted octanol–water partition coefficient (Wildman–Crippen LogP) is 1.48. The van der Waals surface area contributed by atoms with E-state index in [9.17, 15) is 4.79 Å². The number of carbonyl (C=O) groups is 1. The lowest BCUT2D eigenvalue weighted by molar-refractivity contribution is -0.142. The molecule has 1 saturated heterocycles. The summed E-state index contributed by atoms with van der Waals surface area (Å²) >= 11 is 3.27. The minimum atomic E-state index is -0.424. The summed E-state index contributed by atoms with van der Waals surface area (Å²) in [6, 6.07) is 0. The van der Waals surface area contributed by atoms with Crippen molar-refractivity contribution in [2.24, 2.45) is 0 Å². The molecule has 0 spiro atoms. The summed E-state index contributed by atoms with van der Waals surface area (Å²) in [5.41, 5.74) is 0. The number of ether oxygens (including phenoxy) is 1. The normalized spacial score (nSPS) is 43.0. The van der Waals surface area contributed by atoms with Gasteiger partial charge in [-0.1, -0.05) is 15.9 Å². The highest BCUT2D eigenvalue weighted by Crippen LogP contribution is 2.32. The summed E-state index contributed by atoms with van der Waals surface area (Å²) in [4.78, 5) is 10.8. The Labute approximate surface area is 62.7 Å². The van der Waals surface area contributed by atoms with Crippen LogP contribution in [0.4, 0.5) is 0 Å². The van der Waals surface area contributed by atoms with Gasteiger partial charge in [0.05, 0.1) is 0 Å². The van der Waals surface area contributed by atoms with Gasteiger partial charge in [-0.25, -0.2) is 0 Å². The van der Waals surface area contributed by atoms with Gasteiger partial charge in [0, 0.05) is 6.42 Å². The Morgan fingerprint density at radius 3 is 2.56 bits per heavy atom. The number of cyclic esters (lactones) is 1. The zero-order chi connectivity index (χ0) is 7.07. The first-order valence-electron chi connectivity index (χ1n) is 2.92. The van der Waals surface area contributed by atoms with E-state index in [4.69, 9.17) is 4.74 Å². The molecule has 0 aliphatic carbocycles. The van der Waals surface area contributed by atoms with Gasteiger partial charge in [0.25, 0.3) is 0 Å². The third-order valence-corrected chi connectivity index (χ3v) is 2.05. The largest absolute Gasteiger partial charge is 0.462 e. The number of alkyl halides is 1. The zero-order valence-electron chi connectivity index (χ0n) is 5.48. The molecule has 2 nitrogen and oxygen atoms in total. The van der Waals surface area contributed by atoms with Crippen LogP contribution in [0.5, 0.6) is 0 Å². The standard InChI is InChI=1S/C6H9BrO2/c1-4-3-6(2,7)5(8)9-4/h4H,3H2,1-2H3/t4-,6+/m0/s1. The lowest BCUT2D eigenvalue weighted by atomic mass is 10.1. The summed E-state index contributed by atoms with van der Waals surface area (Å²) in [6.45, 7) is 3.73. The number of rotatable bonds is 0. The Morgan fingerprint density at radius 1 is 1.89 bits per heavy atom. The molecule has 1 aliphatic rings.